The lowest BCUT2D eigenvalue weighted by Gasteiger charge is -2.27. The van der Waals surface area contributed by atoms with E-state index in [-0.39, 0.29) is 0 Å². The first kappa shape index (κ1) is 58.0. The third-order valence-electron chi connectivity index (χ3n) is 12.7. The second kappa shape index (κ2) is 48.1. The molecule has 5 N–H and O–H groups in total. The second-order valence-corrected chi connectivity index (χ2v) is 18.6. The van der Waals surface area contributed by atoms with Gasteiger partial charge in [0.2, 0.25) is 5.91 Å². The van der Waals surface area contributed by atoms with Gasteiger partial charge in [0.1, 0.15) is 12.2 Å². The van der Waals surface area contributed by atoms with Crippen LogP contribution in [-0.2, 0) is 4.79 Å². The molecule has 0 fully saturated rings. The molecule has 4 atom stereocenters. The third kappa shape index (κ3) is 42.1. The summed E-state index contributed by atoms with van der Waals surface area (Å²) in [4.78, 5) is 12.6. The minimum absolute atomic E-state index is 0.365. The summed E-state index contributed by atoms with van der Waals surface area (Å²) < 4.78 is 0. The van der Waals surface area contributed by atoms with E-state index in [0.717, 1.165) is 44.9 Å². The van der Waals surface area contributed by atoms with Gasteiger partial charge in [-0.1, -0.05) is 264 Å². The van der Waals surface area contributed by atoms with Crippen LogP contribution in [0.3, 0.4) is 0 Å². The molecule has 0 heterocycles. The van der Waals surface area contributed by atoms with E-state index in [1.807, 2.05) is 0 Å². The van der Waals surface area contributed by atoms with Crippen molar-refractivity contribution in [1.82, 2.24) is 5.32 Å². The molecule has 0 aromatic rings. The van der Waals surface area contributed by atoms with Gasteiger partial charge in [-0.15, -0.1) is 0 Å². The zero-order valence-electron chi connectivity index (χ0n) is 39.8. The number of unbranched alkanes of at least 4 members (excludes halogenated alkanes) is 38. The van der Waals surface area contributed by atoms with Crippen LogP contribution in [0.2, 0.25) is 0 Å². The Morgan fingerprint density at radius 1 is 0.407 bits per heavy atom. The van der Waals surface area contributed by atoms with Gasteiger partial charge in [-0.3, -0.25) is 4.79 Å². The van der Waals surface area contributed by atoms with Gasteiger partial charge in [0, 0.05) is 0 Å². The Balaban J connectivity index is 3.64. The Labute approximate surface area is 368 Å². The Morgan fingerprint density at radius 2 is 0.678 bits per heavy atom. The molecule has 0 aliphatic heterocycles. The number of allylic oxidation sites excluding steroid dienone is 2. The molecule has 0 aliphatic carbocycles. The van der Waals surface area contributed by atoms with Crippen LogP contribution >= 0.6 is 0 Å². The maximum atomic E-state index is 12.6. The Bertz CT molecular complexity index is 852. The first-order valence-electron chi connectivity index (χ1n) is 26.6. The van der Waals surface area contributed by atoms with E-state index in [2.05, 4.69) is 31.3 Å². The van der Waals surface area contributed by atoms with E-state index in [4.69, 9.17) is 0 Å². The van der Waals surface area contributed by atoms with Crippen LogP contribution < -0.4 is 5.32 Å². The fourth-order valence-corrected chi connectivity index (χ4v) is 8.52. The Hall–Kier alpha value is -0.950. The van der Waals surface area contributed by atoms with Crippen LogP contribution in [0.15, 0.2) is 12.2 Å². The second-order valence-electron chi connectivity index (χ2n) is 18.6. The monoisotopic (exact) mass is 836 g/mol. The van der Waals surface area contributed by atoms with Crippen molar-refractivity contribution < 1.29 is 25.2 Å². The number of carbonyl (C=O) groups is 1. The van der Waals surface area contributed by atoms with Gasteiger partial charge in [-0.2, -0.15) is 0 Å². The molecular weight excluding hydrogens is 731 g/mol. The van der Waals surface area contributed by atoms with Crippen molar-refractivity contribution in [1.29, 1.82) is 0 Å². The number of hydrogen-bond donors (Lipinski definition) is 5. The largest absolute Gasteiger partial charge is 0.394 e. The highest BCUT2D eigenvalue weighted by Crippen LogP contribution is 2.18. The van der Waals surface area contributed by atoms with Crippen molar-refractivity contribution in [2.45, 2.75) is 314 Å². The first-order chi connectivity index (χ1) is 29.0. The smallest absolute Gasteiger partial charge is 0.249 e. The van der Waals surface area contributed by atoms with Crippen molar-refractivity contribution in [2.24, 2.45) is 0 Å². The van der Waals surface area contributed by atoms with Crippen molar-refractivity contribution >= 4 is 5.91 Å². The van der Waals surface area contributed by atoms with Crippen molar-refractivity contribution in [3.05, 3.63) is 12.2 Å². The van der Waals surface area contributed by atoms with Gasteiger partial charge >= 0.3 is 0 Å². The summed E-state index contributed by atoms with van der Waals surface area (Å²) in [5.41, 5.74) is 0. The number of aliphatic hydroxyl groups is 4. The lowest BCUT2D eigenvalue weighted by Crippen LogP contribution is -2.53. The molecule has 0 aromatic carbocycles. The van der Waals surface area contributed by atoms with Crippen LogP contribution in [0.5, 0.6) is 0 Å². The van der Waals surface area contributed by atoms with Crippen LogP contribution in [0.25, 0.3) is 0 Å². The third-order valence-corrected chi connectivity index (χ3v) is 12.7. The molecule has 0 aliphatic rings. The Kier molecular flexibility index (Phi) is 47.3. The fraction of sp³-hybridized carbons (Fsp3) is 0.943. The maximum absolute atomic E-state index is 12.6. The number of aliphatic hydroxyl groups excluding tert-OH is 4. The molecule has 59 heavy (non-hydrogen) atoms. The summed E-state index contributed by atoms with van der Waals surface area (Å²) in [5, 5.41) is 43.9. The van der Waals surface area contributed by atoms with Crippen LogP contribution in [0, 0.1) is 0 Å². The summed E-state index contributed by atoms with van der Waals surface area (Å²) in [6, 6.07) is -0.986. The first-order valence-corrected chi connectivity index (χ1v) is 26.6. The molecule has 6 nitrogen and oxygen atoms in total. The highest BCUT2D eigenvalue weighted by molar-refractivity contribution is 5.80. The standard InChI is InChI=1S/C53H105NO5/c1-3-5-7-9-11-13-15-17-19-21-23-25-26-27-29-30-32-34-36-38-40-42-44-46-50(56)52(58)49(48-55)54-53(59)51(57)47-45-43-41-39-37-35-33-31-28-24-22-20-18-16-14-12-10-8-6-4-2/h28,31,49-52,55-58H,3-27,29-30,32-48H2,1-2H3,(H,54,59)/b31-28-. The molecule has 0 aromatic heterocycles. The molecule has 0 radical (unpaired) electrons. The zero-order valence-corrected chi connectivity index (χ0v) is 39.8. The predicted octanol–water partition coefficient (Wildman–Crippen LogP) is 14.9. The predicted molar refractivity (Wildman–Crippen MR) is 256 cm³/mol. The van der Waals surface area contributed by atoms with Crippen molar-refractivity contribution in [2.75, 3.05) is 6.61 Å². The topological polar surface area (TPSA) is 110 Å². The minimum Gasteiger partial charge on any atom is -0.394 e. The quantitative estimate of drug-likeness (QED) is 0.0310. The van der Waals surface area contributed by atoms with E-state index >= 15 is 0 Å². The van der Waals surface area contributed by atoms with Gasteiger partial charge < -0.3 is 25.7 Å². The van der Waals surface area contributed by atoms with E-state index in [1.165, 1.54) is 218 Å². The molecule has 0 rings (SSSR count). The highest BCUT2D eigenvalue weighted by Gasteiger charge is 2.28. The molecule has 0 bridgehead atoms. The number of hydrogen-bond acceptors (Lipinski definition) is 5. The number of amides is 1. The number of nitrogens with one attached hydrogen (secondary N) is 1. The lowest BCUT2D eigenvalue weighted by molar-refractivity contribution is -0.132. The van der Waals surface area contributed by atoms with Crippen molar-refractivity contribution in [3.63, 3.8) is 0 Å². The highest BCUT2D eigenvalue weighted by atomic mass is 16.3. The van der Waals surface area contributed by atoms with Gasteiger partial charge in [-0.25, -0.2) is 0 Å². The van der Waals surface area contributed by atoms with E-state index in [9.17, 15) is 25.2 Å². The van der Waals surface area contributed by atoms with Gasteiger partial charge in [-0.05, 0) is 38.5 Å². The van der Waals surface area contributed by atoms with Gasteiger partial charge in [0.25, 0.3) is 0 Å². The fourth-order valence-electron chi connectivity index (χ4n) is 8.52. The summed E-state index contributed by atoms with van der Waals surface area (Å²) in [7, 11) is 0. The van der Waals surface area contributed by atoms with Crippen LogP contribution in [0.1, 0.15) is 290 Å². The molecule has 0 saturated heterocycles. The lowest BCUT2D eigenvalue weighted by atomic mass is 9.99. The molecule has 0 spiro atoms. The van der Waals surface area contributed by atoms with Crippen LogP contribution in [-0.4, -0.2) is 57.3 Å². The molecule has 1 amide bonds. The number of rotatable bonds is 49. The minimum atomic E-state index is -1.26. The molecule has 6 heteroatoms. The van der Waals surface area contributed by atoms with Gasteiger partial charge in [0.05, 0.1) is 18.8 Å². The molecule has 4 unspecified atom stereocenters. The normalized spacial score (nSPS) is 13.9. The number of carbonyl (C=O) groups excluding carboxylic acids is 1. The average molecular weight is 836 g/mol. The Morgan fingerprint density at radius 3 is 0.983 bits per heavy atom. The van der Waals surface area contributed by atoms with E-state index < -0.39 is 36.9 Å². The van der Waals surface area contributed by atoms with Crippen LogP contribution in [0.4, 0.5) is 0 Å². The van der Waals surface area contributed by atoms with E-state index in [0.29, 0.717) is 12.8 Å². The molecule has 0 saturated carbocycles. The summed E-state index contributed by atoms with van der Waals surface area (Å²) in [6.45, 7) is 4.08. The average Bonchev–Trinajstić information content (AvgIpc) is 3.24. The summed E-state index contributed by atoms with van der Waals surface area (Å²) in [6.07, 6.45) is 55.5. The maximum Gasteiger partial charge on any atom is 0.249 e. The van der Waals surface area contributed by atoms with E-state index in [1.54, 1.807) is 0 Å². The summed E-state index contributed by atoms with van der Waals surface area (Å²) in [5.74, 6) is -0.584. The SMILES string of the molecule is CCCCCCCCCCCC/C=C\CCCCCCCCC(O)C(=O)NC(CO)C(O)C(O)CCCCCCCCCCCCCCCCCCCCCCCCC. The molecular formula is C53H105NO5. The zero-order chi connectivity index (χ0) is 43.1. The van der Waals surface area contributed by atoms with Crippen molar-refractivity contribution in [3.8, 4) is 0 Å². The molecule has 352 valence electrons. The van der Waals surface area contributed by atoms with Gasteiger partial charge in [0.15, 0.2) is 0 Å². The summed E-state index contributed by atoms with van der Waals surface area (Å²) >= 11 is 0.